The van der Waals surface area contributed by atoms with E-state index in [4.69, 9.17) is 0 Å². The van der Waals surface area contributed by atoms with E-state index in [2.05, 4.69) is 93.2 Å². The van der Waals surface area contributed by atoms with E-state index in [1.165, 1.54) is 43.8 Å². The molecule has 0 bridgehead atoms. The van der Waals surface area contributed by atoms with Crippen LogP contribution < -0.4 is 24.8 Å². The van der Waals surface area contributed by atoms with Crippen molar-refractivity contribution < 1.29 is 44.8 Å². The van der Waals surface area contributed by atoms with Gasteiger partial charge in [-0.1, -0.05) is 37.1 Å². The molecule has 4 rings (SSSR count). The molecule has 26 heavy (non-hydrogen) atoms. The van der Waals surface area contributed by atoms with Gasteiger partial charge in [-0.15, -0.1) is 69.1 Å². The van der Waals surface area contributed by atoms with Gasteiger partial charge in [0.2, 0.25) is 0 Å². The van der Waals surface area contributed by atoms with Gasteiger partial charge in [0.15, 0.2) is 0 Å². The van der Waals surface area contributed by atoms with Crippen molar-refractivity contribution in [3.63, 3.8) is 0 Å². The first-order valence-corrected chi connectivity index (χ1v) is 9.26. The molecule has 0 aromatic heterocycles. The fourth-order valence-electron chi connectivity index (χ4n) is 3.08. The molecule has 0 aliphatic rings. The average Bonchev–Trinajstić information content (AvgIpc) is 3.13. The third-order valence-corrected chi connectivity index (χ3v) is 4.23. The molecule has 0 aliphatic carbocycles. The van der Waals surface area contributed by atoms with Crippen LogP contribution >= 0.6 is 0 Å². The molecule has 0 saturated heterocycles. The zero-order chi connectivity index (χ0) is 17.7. The predicted octanol–water partition coefficient (Wildman–Crippen LogP) is 0.324. The number of benzene rings is 2. The van der Waals surface area contributed by atoms with Crippen molar-refractivity contribution in [1.29, 1.82) is 0 Å². The number of halogens is 2. The zero-order valence-corrected chi connectivity index (χ0v) is 18.8. The van der Waals surface area contributed by atoms with Gasteiger partial charge >= 0.3 is 24.8 Å². The molecular weight excluding hydrogens is 395 g/mol. The maximum Gasteiger partial charge on any atom is -1.00 e. The first-order valence-electron chi connectivity index (χ1n) is 8.15. The Morgan fingerprint density at radius 1 is 0.654 bits per heavy atom. The third-order valence-electron chi connectivity index (χ3n) is 4.23. The summed E-state index contributed by atoms with van der Waals surface area (Å²) in [5.41, 5.74) is 5.45. The van der Waals surface area contributed by atoms with Crippen LogP contribution in [0.2, 0.25) is 0 Å². The van der Waals surface area contributed by atoms with E-state index < -0.39 is 0 Å². The van der Waals surface area contributed by atoms with Crippen LogP contribution in [0, 0.1) is 27.7 Å². The molecular formula is C23H24Cl2Ti-2. The van der Waals surface area contributed by atoms with E-state index in [-0.39, 0.29) is 24.8 Å². The van der Waals surface area contributed by atoms with Gasteiger partial charge in [0, 0.05) is 0 Å². The summed E-state index contributed by atoms with van der Waals surface area (Å²) in [5, 5.41) is 5.51. The molecule has 0 nitrogen and oxygen atoms in total. The largest absolute Gasteiger partial charge is 1.00 e. The summed E-state index contributed by atoms with van der Waals surface area (Å²) in [4.78, 5) is 3.25. The molecule has 0 amide bonds. The van der Waals surface area contributed by atoms with Crippen molar-refractivity contribution in [3.05, 3.63) is 82.9 Å². The normalized spacial score (nSPS) is 9.31. The van der Waals surface area contributed by atoms with Crippen LogP contribution in [0.1, 0.15) is 22.3 Å². The van der Waals surface area contributed by atoms with Gasteiger partial charge < -0.3 is 24.8 Å². The minimum absolute atomic E-state index is 0. The van der Waals surface area contributed by atoms with Crippen LogP contribution in [-0.2, 0) is 20.0 Å². The van der Waals surface area contributed by atoms with E-state index in [0.29, 0.717) is 0 Å². The summed E-state index contributed by atoms with van der Waals surface area (Å²) >= 11 is 1.75. The molecule has 0 radical (unpaired) electrons. The molecule has 4 aromatic rings. The number of hydrogen-bond donors (Lipinski definition) is 0. The first-order chi connectivity index (χ1) is 11.5. The van der Waals surface area contributed by atoms with Crippen LogP contribution in [0.15, 0.2) is 60.7 Å². The van der Waals surface area contributed by atoms with Gasteiger partial charge in [0.05, 0.1) is 0 Å². The van der Waals surface area contributed by atoms with Crippen molar-refractivity contribution in [1.82, 2.24) is 0 Å². The van der Waals surface area contributed by atoms with Gasteiger partial charge in [-0.2, -0.15) is 12.1 Å². The van der Waals surface area contributed by atoms with Crippen molar-refractivity contribution >= 4 is 26.4 Å². The second-order valence-electron chi connectivity index (χ2n) is 6.22. The van der Waals surface area contributed by atoms with Gasteiger partial charge in [-0.05, 0) is 13.8 Å². The molecule has 0 aliphatic heterocycles. The van der Waals surface area contributed by atoms with Crippen LogP contribution in [0.4, 0.5) is 0 Å². The first kappa shape index (κ1) is 24.8. The average molecular weight is 419 g/mol. The Bertz CT molecular complexity index is 869. The Hall–Kier alpha value is -1.18. The molecule has 136 valence electrons. The minimum atomic E-state index is 0. The van der Waals surface area contributed by atoms with E-state index in [0.717, 1.165) is 0 Å². The molecule has 3 heteroatoms. The van der Waals surface area contributed by atoms with E-state index in [1.807, 2.05) is 0 Å². The summed E-state index contributed by atoms with van der Waals surface area (Å²) in [6.45, 7) is 8.59. The van der Waals surface area contributed by atoms with Crippen molar-refractivity contribution in [3.8, 4) is 0 Å². The standard InChI is InChI=1S/2C11H11.CH2.2ClH.Ti/c2*1-8-6-10-5-3-4-9(2)11(10)7-8;;;;/h2*3-7H,1-2H3;1H2;2*1H;/q2*-1;;;;+2/p-2. The molecule has 0 unspecified atom stereocenters. The van der Waals surface area contributed by atoms with Gasteiger partial charge in [0.25, 0.3) is 0 Å². The summed E-state index contributed by atoms with van der Waals surface area (Å²) < 4.78 is 0. The van der Waals surface area contributed by atoms with Crippen LogP contribution in [-0.4, -0.2) is 4.82 Å². The fourth-order valence-corrected chi connectivity index (χ4v) is 3.08. The Morgan fingerprint density at radius 2 is 1.00 bits per heavy atom. The number of fused-ring (bicyclic) bond motifs is 2. The molecule has 0 atom stereocenters. The topological polar surface area (TPSA) is 0 Å². The molecule has 4 aromatic carbocycles. The Morgan fingerprint density at radius 3 is 1.31 bits per heavy atom. The van der Waals surface area contributed by atoms with Gasteiger partial charge in [0.1, 0.15) is 0 Å². The Kier molecular flexibility index (Phi) is 11.0. The monoisotopic (exact) mass is 418 g/mol. The maximum absolute atomic E-state index is 3.25. The molecule has 0 N–H and O–H groups in total. The van der Waals surface area contributed by atoms with Crippen LogP contribution in [0.25, 0.3) is 21.5 Å². The SMILES string of the molecule is Cc1cc2c(C)cccc2[cH-]1.Cc1cc2c(C)cccc2[cH-]1.[CH2]=[Ti+2].[Cl-].[Cl-]. The van der Waals surface area contributed by atoms with E-state index in [9.17, 15) is 0 Å². The van der Waals surface area contributed by atoms with Crippen LogP contribution in [0.5, 0.6) is 0 Å². The predicted molar refractivity (Wildman–Crippen MR) is 105 cm³/mol. The number of hydrogen-bond acceptors (Lipinski definition) is 0. The molecule has 0 fully saturated rings. The van der Waals surface area contributed by atoms with Crippen molar-refractivity contribution in [2.75, 3.05) is 0 Å². The molecule has 0 spiro atoms. The summed E-state index contributed by atoms with van der Waals surface area (Å²) in [6.07, 6.45) is 0. The second-order valence-corrected chi connectivity index (χ2v) is 6.22. The van der Waals surface area contributed by atoms with Crippen LogP contribution in [0.3, 0.4) is 0 Å². The number of rotatable bonds is 0. The van der Waals surface area contributed by atoms with E-state index >= 15 is 0 Å². The smallest absolute Gasteiger partial charge is 1.00 e. The Labute approximate surface area is 181 Å². The Balaban J connectivity index is 0.000000410. The number of aryl methyl sites for hydroxylation is 4. The quantitative estimate of drug-likeness (QED) is 0.285. The summed E-state index contributed by atoms with van der Waals surface area (Å²) in [7, 11) is 0. The maximum atomic E-state index is 3.25. The van der Waals surface area contributed by atoms with E-state index in [1.54, 1.807) is 20.0 Å². The van der Waals surface area contributed by atoms with Crippen molar-refractivity contribution in [2.45, 2.75) is 27.7 Å². The zero-order valence-electron chi connectivity index (χ0n) is 15.7. The molecule has 0 heterocycles. The third kappa shape index (κ3) is 5.93. The van der Waals surface area contributed by atoms with Gasteiger partial charge in [-0.25, -0.2) is 0 Å². The summed E-state index contributed by atoms with van der Waals surface area (Å²) in [6, 6.07) is 21.8. The minimum Gasteiger partial charge on any atom is -1.00 e. The van der Waals surface area contributed by atoms with Gasteiger partial charge in [-0.3, -0.25) is 0 Å². The summed E-state index contributed by atoms with van der Waals surface area (Å²) in [5.74, 6) is 0. The van der Waals surface area contributed by atoms with Crippen molar-refractivity contribution in [2.24, 2.45) is 0 Å². The fraction of sp³-hybridized carbons (Fsp3) is 0.174. The molecule has 0 saturated carbocycles. The second kappa shape index (κ2) is 11.5.